The van der Waals surface area contributed by atoms with Gasteiger partial charge in [-0.25, -0.2) is 0 Å². The number of rotatable bonds is 8. The maximum Gasteiger partial charge on any atom is 0.231 e. The molecule has 6 nitrogen and oxygen atoms in total. The summed E-state index contributed by atoms with van der Waals surface area (Å²) in [5.74, 6) is 1.56. The van der Waals surface area contributed by atoms with Crippen LogP contribution in [0.2, 0.25) is 0 Å². The highest BCUT2D eigenvalue weighted by atomic mass is 16.7. The molecular formula is C26H26N4O2. The molecule has 0 N–H and O–H groups in total. The van der Waals surface area contributed by atoms with Gasteiger partial charge in [0.15, 0.2) is 11.5 Å². The molecule has 32 heavy (non-hydrogen) atoms. The van der Waals surface area contributed by atoms with Gasteiger partial charge < -0.3 is 9.47 Å². The first kappa shape index (κ1) is 20.3. The van der Waals surface area contributed by atoms with E-state index in [0.717, 1.165) is 48.9 Å². The number of nitrogens with zero attached hydrogens (tertiary/aromatic N) is 4. The summed E-state index contributed by atoms with van der Waals surface area (Å²) in [6.45, 7) is 5.79. The molecule has 0 fully saturated rings. The first-order valence-corrected chi connectivity index (χ1v) is 10.9. The molecule has 2 aromatic heterocycles. The smallest absolute Gasteiger partial charge is 0.231 e. The summed E-state index contributed by atoms with van der Waals surface area (Å²) in [4.78, 5) is 6.55. The number of benzene rings is 2. The van der Waals surface area contributed by atoms with Crippen LogP contribution < -0.4 is 9.47 Å². The first-order valence-electron chi connectivity index (χ1n) is 10.9. The highest BCUT2D eigenvalue weighted by Gasteiger charge is 2.19. The largest absolute Gasteiger partial charge is 0.454 e. The van der Waals surface area contributed by atoms with E-state index in [1.807, 2.05) is 35.3 Å². The van der Waals surface area contributed by atoms with E-state index in [-0.39, 0.29) is 6.79 Å². The van der Waals surface area contributed by atoms with Crippen molar-refractivity contribution in [1.82, 2.24) is 19.7 Å². The van der Waals surface area contributed by atoms with Crippen molar-refractivity contribution in [1.29, 1.82) is 0 Å². The van der Waals surface area contributed by atoms with Crippen LogP contribution >= 0.6 is 0 Å². The summed E-state index contributed by atoms with van der Waals surface area (Å²) < 4.78 is 13.1. The highest BCUT2D eigenvalue weighted by Crippen LogP contribution is 2.36. The molecular weight excluding hydrogens is 400 g/mol. The summed E-state index contributed by atoms with van der Waals surface area (Å²) in [6.07, 6.45) is 5.86. The Hall–Kier alpha value is -3.64. The third-order valence-electron chi connectivity index (χ3n) is 5.67. The number of aromatic nitrogens is 3. The monoisotopic (exact) mass is 426 g/mol. The average molecular weight is 427 g/mol. The maximum atomic E-state index is 5.61. The van der Waals surface area contributed by atoms with Gasteiger partial charge in [-0.15, -0.1) is 0 Å². The molecule has 0 spiro atoms. The minimum absolute atomic E-state index is 0.267. The van der Waals surface area contributed by atoms with Gasteiger partial charge in [0.25, 0.3) is 0 Å². The number of hydrogen-bond acceptors (Lipinski definition) is 5. The van der Waals surface area contributed by atoms with Crippen molar-refractivity contribution < 1.29 is 9.47 Å². The van der Waals surface area contributed by atoms with E-state index in [9.17, 15) is 0 Å². The molecule has 4 aromatic rings. The number of ether oxygens (including phenoxy) is 2. The van der Waals surface area contributed by atoms with Gasteiger partial charge in [-0.05, 0) is 48.0 Å². The van der Waals surface area contributed by atoms with Crippen LogP contribution in [0, 0.1) is 0 Å². The molecule has 2 aromatic carbocycles. The van der Waals surface area contributed by atoms with Gasteiger partial charge in [-0.1, -0.05) is 37.3 Å². The Kier molecular flexibility index (Phi) is 5.85. The highest BCUT2D eigenvalue weighted by molar-refractivity contribution is 5.67. The second-order valence-electron chi connectivity index (χ2n) is 7.91. The Morgan fingerprint density at radius 2 is 1.72 bits per heavy atom. The van der Waals surface area contributed by atoms with E-state index in [4.69, 9.17) is 14.6 Å². The Bertz CT molecular complexity index is 1180. The first-order chi connectivity index (χ1) is 15.8. The van der Waals surface area contributed by atoms with Crippen molar-refractivity contribution in [2.45, 2.75) is 26.6 Å². The molecule has 0 saturated carbocycles. The normalized spacial score (nSPS) is 12.4. The summed E-state index contributed by atoms with van der Waals surface area (Å²) in [6, 6.07) is 20.6. The Balaban J connectivity index is 1.46. The fraction of sp³-hybridized carbons (Fsp3) is 0.231. The van der Waals surface area contributed by atoms with E-state index in [1.165, 1.54) is 16.7 Å². The van der Waals surface area contributed by atoms with Gasteiger partial charge in [-0.3, -0.25) is 14.6 Å². The van der Waals surface area contributed by atoms with Crippen LogP contribution in [0.15, 0.2) is 79.3 Å². The van der Waals surface area contributed by atoms with Crippen molar-refractivity contribution in [2.75, 3.05) is 13.3 Å². The molecule has 5 rings (SSSR count). The fourth-order valence-corrected chi connectivity index (χ4v) is 3.98. The lowest BCUT2D eigenvalue weighted by Gasteiger charge is -2.20. The lowest BCUT2D eigenvalue weighted by atomic mass is 10.1. The molecule has 1 aliphatic heterocycles. The van der Waals surface area contributed by atoms with Gasteiger partial charge in [0.2, 0.25) is 6.79 Å². The molecule has 0 bridgehead atoms. The molecule has 0 radical (unpaired) electrons. The summed E-state index contributed by atoms with van der Waals surface area (Å²) >= 11 is 0. The van der Waals surface area contributed by atoms with Crippen molar-refractivity contribution in [2.24, 2.45) is 0 Å². The van der Waals surface area contributed by atoms with E-state index in [0.29, 0.717) is 0 Å². The van der Waals surface area contributed by atoms with Crippen LogP contribution in [-0.4, -0.2) is 33.0 Å². The predicted molar refractivity (Wildman–Crippen MR) is 123 cm³/mol. The van der Waals surface area contributed by atoms with Gasteiger partial charge in [0.1, 0.15) is 0 Å². The van der Waals surface area contributed by atoms with Crippen molar-refractivity contribution >= 4 is 0 Å². The molecule has 6 heteroatoms. The molecule has 3 heterocycles. The standard InChI is InChI=1S/C26H26N4O2/c1-2-29(15-21-10-12-27-13-11-21)17-23-18-30(16-20-6-4-3-5-7-20)28-26(23)22-8-9-24-25(14-22)32-19-31-24/h3-14,18H,2,15-17,19H2,1H3. The van der Waals surface area contributed by atoms with Crippen LogP contribution in [0.1, 0.15) is 23.6 Å². The number of hydrogen-bond donors (Lipinski definition) is 0. The molecule has 1 aliphatic rings. The van der Waals surface area contributed by atoms with Crippen LogP contribution in [0.3, 0.4) is 0 Å². The van der Waals surface area contributed by atoms with E-state index in [1.54, 1.807) is 0 Å². The molecule has 0 saturated heterocycles. The lowest BCUT2D eigenvalue weighted by molar-refractivity contribution is 0.174. The zero-order chi connectivity index (χ0) is 21.8. The Morgan fingerprint density at radius 3 is 2.53 bits per heavy atom. The van der Waals surface area contributed by atoms with Crippen molar-refractivity contribution in [3.8, 4) is 22.8 Å². The second-order valence-corrected chi connectivity index (χ2v) is 7.91. The maximum absolute atomic E-state index is 5.61. The van der Waals surface area contributed by atoms with E-state index >= 15 is 0 Å². The molecule has 0 amide bonds. The van der Waals surface area contributed by atoms with E-state index < -0.39 is 0 Å². The second kappa shape index (κ2) is 9.24. The molecule has 0 atom stereocenters. The number of pyridine rings is 1. The van der Waals surface area contributed by atoms with Gasteiger partial charge in [-0.2, -0.15) is 5.10 Å². The van der Waals surface area contributed by atoms with Crippen LogP contribution in [0.25, 0.3) is 11.3 Å². The molecule has 0 aliphatic carbocycles. The van der Waals surface area contributed by atoms with Gasteiger partial charge >= 0.3 is 0 Å². The zero-order valence-corrected chi connectivity index (χ0v) is 18.1. The lowest BCUT2D eigenvalue weighted by Crippen LogP contribution is -2.22. The van der Waals surface area contributed by atoms with Crippen molar-refractivity contribution in [3.05, 3.63) is 95.9 Å². The quantitative estimate of drug-likeness (QED) is 0.407. The number of fused-ring (bicyclic) bond motifs is 1. The molecule has 0 unspecified atom stereocenters. The van der Waals surface area contributed by atoms with Crippen LogP contribution in [0.5, 0.6) is 11.5 Å². The Labute approximate surface area is 188 Å². The third-order valence-corrected chi connectivity index (χ3v) is 5.67. The SMILES string of the molecule is CCN(Cc1ccncc1)Cc1cn(Cc2ccccc2)nc1-c1ccc2c(c1)OCO2. The van der Waals surface area contributed by atoms with Crippen molar-refractivity contribution in [3.63, 3.8) is 0 Å². The predicted octanol–water partition coefficient (Wildman–Crippen LogP) is 4.74. The average Bonchev–Trinajstić information content (AvgIpc) is 3.46. The van der Waals surface area contributed by atoms with Crippen LogP contribution in [-0.2, 0) is 19.6 Å². The van der Waals surface area contributed by atoms with Gasteiger partial charge in [0.05, 0.1) is 12.2 Å². The topological polar surface area (TPSA) is 52.4 Å². The fourth-order valence-electron chi connectivity index (χ4n) is 3.98. The van der Waals surface area contributed by atoms with Crippen LogP contribution in [0.4, 0.5) is 0 Å². The minimum Gasteiger partial charge on any atom is -0.454 e. The Morgan fingerprint density at radius 1 is 0.906 bits per heavy atom. The third kappa shape index (κ3) is 4.50. The van der Waals surface area contributed by atoms with Gasteiger partial charge in [0, 0.05) is 42.8 Å². The zero-order valence-electron chi connectivity index (χ0n) is 18.1. The molecule has 162 valence electrons. The summed E-state index contributed by atoms with van der Waals surface area (Å²) in [5.41, 5.74) is 5.69. The summed E-state index contributed by atoms with van der Waals surface area (Å²) in [5, 5.41) is 4.98. The summed E-state index contributed by atoms with van der Waals surface area (Å²) in [7, 11) is 0. The minimum atomic E-state index is 0.267. The van der Waals surface area contributed by atoms with E-state index in [2.05, 4.69) is 65.5 Å².